The van der Waals surface area contributed by atoms with Gasteiger partial charge in [-0.2, -0.15) is 0 Å². The van der Waals surface area contributed by atoms with Crippen molar-refractivity contribution in [2.24, 2.45) is 4.99 Å². The number of nitro groups is 1. The van der Waals surface area contributed by atoms with Crippen LogP contribution < -0.4 is 0 Å². The molecule has 0 aliphatic heterocycles. The Morgan fingerprint density at radius 1 is 1.05 bits per heavy atom. The predicted molar refractivity (Wildman–Crippen MR) is 85.7 cm³/mol. The smallest absolute Gasteiger partial charge is 0.258 e. The molecule has 0 N–H and O–H groups in total. The van der Waals surface area contributed by atoms with E-state index in [1.165, 1.54) is 17.4 Å². The molecular formula is C15H10N4O2S. The topological polar surface area (TPSA) is 81.3 Å². The van der Waals surface area contributed by atoms with Crippen molar-refractivity contribution in [2.75, 3.05) is 0 Å². The minimum Gasteiger partial charge on any atom is -0.258 e. The normalized spacial score (nSPS) is 10.9. The predicted octanol–water partition coefficient (Wildman–Crippen LogP) is 3.86. The van der Waals surface area contributed by atoms with E-state index in [1.54, 1.807) is 24.4 Å². The van der Waals surface area contributed by atoms with E-state index in [9.17, 15) is 10.1 Å². The third kappa shape index (κ3) is 3.04. The first-order valence-corrected chi connectivity index (χ1v) is 7.22. The number of benzene rings is 2. The van der Waals surface area contributed by atoms with Gasteiger partial charge in [0.2, 0.25) is 5.13 Å². The molecular weight excluding hydrogens is 300 g/mol. The Morgan fingerprint density at radius 2 is 1.77 bits per heavy atom. The Kier molecular flexibility index (Phi) is 3.97. The molecule has 0 bridgehead atoms. The zero-order valence-electron chi connectivity index (χ0n) is 11.3. The van der Waals surface area contributed by atoms with Crippen molar-refractivity contribution in [1.82, 2.24) is 10.2 Å². The van der Waals surface area contributed by atoms with E-state index in [0.717, 1.165) is 5.56 Å². The summed E-state index contributed by atoms with van der Waals surface area (Å²) in [6.07, 6.45) is 1.68. The summed E-state index contributed by atoms with van der Waals surface area (Å²) in [5.41, 5.74) is 1.41. The van der Waals surface area contributed by atoms with Crippen LogP contribution in [0.5, 0.6) is 0 Å². The fraction of sp³-hybridized carbons (Fsp3) is 0. The summed E-state index contributed by atoms with van der Waals surface area (Å²) >= 11 is 1.21. The molecule has 108 valence electrons. The van der Waals surface area contributed by atoms with E-state index < -0.39 is 4.92 Å². The van der Waals surface area contributed by atoms with Gasteiger partial charge in [-0.3, -0.25) is 10.1 Å². The van der Waals surface area contributed by atoms with Crippen molar-refractivity contribution in [1.29, 1.82) is 0 Å². The Morgan fingerprint density at radius 3 is 2.55 bits per heavy atom. The van der Waals surface area contributed by atoms with Gasteiger partial charge in [-0.25, -0.2) is 4.99 Å². The molecule has 0 atom stereocenters. The Balaban J connectivity index is 1.89. The zero-order chi connectivity index (χ0) is 15.4. The summed E-state index contributed by atoms with van der Waals surface area (Å²) in [5.74, 6) is 0. The Labute approximate surface area is 130 Å². The largest absolute Gasteiger partial charge is 0.279 e. The van der Waals surface area contributed by atoms with Gasteiger partial charge >= 0.3 is 0 Å². The number of aromatic nitrogens is 2. The lowest BCUT2D eigenvalue weighted by Crippen LogP contribution is -1.90. The van der Waals surface area contributed by atoms with Crippen LogP contribution in [0.3, 0.4) is 0 Å². The van der Waals surface area contributed by atoms with Crippen LogP contribution in [-0.4, -0.2) is 21.3 Å². The summed E-state index contributed by atoms with van der Waals surface area (Å²) in [6, 6.07) is 16.1. The quantitative estimate of drug-likeness (QED) is 0.416. The number of hydrogen-bond donors (Lipinski definition) is 0. The number of aliphatic imine (C=N–C) groups is 1. The monoisotopic (exact) mass is 310 g/mol. The van der Waals surface area contributed by atoms with Crippen LogP contribution in [-0.2, 0) is 0 Å². The minimum atomic E-state index is -0.427. The average molecular weight is 310 g/mol. The maximum atomic E-state index is 11.0. The van der Waals surface area contributed by atoms with Crippen LogP contribution in [0.25, 0.3) is 10.6 Å². The molecule has 0 amide bonds. The standard InChI is InChI=1S/C15H10N4O2S/c20-19(21)13-9-5-4-8-12(13)14-17-18-15(22-14)16-10-11-6-2-1-3-7-11/h1-10H. The van der Waals surface area contributed by atoms with Crippen LogP contribution in [0.1, 0.15) is 5.56 Å². The van der Waals surface area contributed by atoms with E-state index >= 15 is 0 Å². The summed E-state index contributed by atoms with van der Waals surface area (Å²) < 4.78 is 0. The lowest BCUT2D eigenvalue weighted by Gasteiger charge is -1.96. The van der Waals surface area contributed by atoms with Crippen LogP contribution in [0.2, 0.25) is 0 Å². The molecule has 22 heavy (non-hydrogen) atoms. The first kappa shape index (κ1) is 14.0. The second kappa shape index (κ2) is 6.23. The molecule has 0 unspecified atom stereocenters. The van der Waals surface area contributed by atoms with Gasteiger partial charge in [-0.15, -0.1) is 10.2 Å². The maximum Gasteiger partial charge on any atom is 0.279 e. The SMILES string of the molecule is O=[N+]([O-])c1ccccc1-c1nnc(N=Cc2ccccc2)s1. The molecule has 0 spiro atoms. The minimum absolute atomic E-state index is 0.0113. The second-order valence-corrected chi connectivity index (χ2v) is 5.29. The number of nitro benzene ring substituents is 1. The number of nitrogens with zero attached hydrogens (tertiary/aromatic N) is 4. The van der Waals surface area contributed by atoms with Gasteiger partial charge in [0.1, 0.15) is 0 Å². The van der Waals surface area contributed by atoms with Crippen LogP contribution in [0.4, 0.5) is 10.8 Å². The molecule has 2 aromatic carbocycles. The molecule has 1 heterocycles. The molecule has 0 fully saturated rings. The van der Waals surface area contributed by atoms with Crippen molar-refractivity contribution in [3.63, 3.8) is 0 Å². The number of para-hydroxylation sites is 1. The Bertz CT molecular complexity index is 830. The molecule has 1 aromatic heterocycles. The van der Waals surface area contributed by atoms with Gasteiger partial charge in [0.15, 0.2) is 5.01 Å². The molecule has 0 saturated heterocycles. The van der Waals surface area contributed by atoms with Crippen molar-refractivity contribution >= 4 is 28.4 Å². The average Bonchev–Trinajstić information content (AvgIpc) is 3.03. The van der Waals surface area contributed by atoms with Crippen molar-refractivity contribution in [2.45, 2.75) is 0 Å². The van der Waals surface area contributed by atoms with Gasteiger partial charge in [0, 0.05) is 12.3 Å². The van der Waals surface area contributed by atoms with E-state index in [4.69, 9.17) is 0 Å². The van der Waals surface area contributed by atoms with Crippen LogP contribution in [0.15, 0.2) is 59.6 Å². The molecule has 0 radical (unpaired) electrons. The lowest BCUT2D eigenvalue weighted by atomic mass is 10.2. The fourth-order valence-corrected chi connectivity index (χ4v) is 2.58. The van der Waals surface area contributed by atoms with Gasteiger partial charge in [-0.1, -0.05) is 53.8 Å². The molecule has 0 saturated carbocycles. The molecule has 0 aliphatic carbocycles. The summed E-state index contributed by atoms with van der Waals surface area (Å²) in [4.78, 5) is 14.9. The van der Waals surface area contributed by atoms with Crippen LogP contribution >= 0.6 is 11.3 Å². The highest BCUT2D eigenvalue weighted by atomic mass is 32.1. The Hall–Kier alpha value is -2.93. The van der Waals surface area contributed by atoms with E-state index in [1.807, 2.05) is 30.3 Å². The third-order valence-corrected chi connectivity index (χ3v) is 3.73. The van der Waals surface area contributed by atoms with Crippen molar-refractivity contribution in [3.05, 3.63) is 70.3 Å². The van der Waals surface area contributed by atoms with Crippen molar-refractivity contribution in [3.8, 4) is 10.6 Å². The molecule has 6 nitrogen and oxygen atoms in total. The van der Waals surface area contributed by atoms with Crippen molar-refractivity contribution < 1.29 is 4.92 Å². The third-order valence-electron chi connectivity index (χ3n) is 2.87. The highest BCUT2D eigenvalue weighted by Gasteiger charge is 2.17. The van der Waals surface area contributed by atoms with E-state index in [2.05, 4.69) is 15.2 Å². The zero-order valence-corrected chi connectivity index (χ0v) is 12.1. The maximum absolute atomic E-state index is 11.0. The highest BCUT2D eigenvalue weighted by molar-refractivity contribution is 7.18. The lowest BCUT2D eigenvalue weighted by molar-refractivity contribution is -0.384. The first-order valence-electron chi connectivity index (χ1n) is 6.40. The molecule has 0 aliphatic rings. The highest BCUT2D eigenvalue weighted by Crippen LogP contribution is 2.33. The fourth-order valence-electron chi connectivity index (χ4n) is 1.86. The van der Waals surface area contributed by atoms with Gasteiger partial charge in [0.05, 0.1) is 10.5 Å². The van der Waals surface area contributed by atoms with Gasteiger partial charge < -0.3 is 0 Å². The van der Waals surface area contributed by atoms with Crippen LogP contribution in [0, 0.1) is 10.1 Å². The summed E-state index contributed by atoms with van der Waals surface area (Å²) in [5, 5.41) is 19.9. The number of hydrogen-bond acceptors (Lipinski definition) is 6. The molecule has 7 heteroatoms. The van der Waals surface area contributed by atoms with E-state index in [-0.39, 0.29) is 5.69 Å². The second-order valence-electron chi connectivity index (χ2n) is 4.33. The van der Waals surface area contributed by atoms with E-state index in [0.29, 0.717) is 15.7 Å². The number of rotatable bonds is 4. The van der Waals surface area contributed by atoms with Gasteiger partial charge in [-0.05, 0) is 11.6 Å². The summed E-state index contributed by atoms with van der Waals surface area (Å²) in [6.45, 7) is 0. The van der Waals surface area contributed by atoms with Gasteiger partial charge in [0.25, 0.3) is 5.69 Å². The molecule has 3 rings (SSSR count). The molecule has 3 aromatic rings. The first-order chi connectivity index (χ1) is 10.7. The summed E-state index contributed by atoms with van der Waals surface area (Å²) in [7, 11) is 0.